The first-order chi connectivity index (χ1) is 9.94. The lowest BCUT2D eigenvalue weighted by Crippen LogP contribution is -2.04. The predicted molar refractivity (Wildman–Crippen MR) is 72.8 cm³/mol. The molecule has 0 spiro atoms. The molecule has 0 aromatic heterocycles. The molecule has 7 heteroatoms. The maximum atomic E-state index is 13.6. The van der Waals surface area contributed by atoms with Crippen molar-refractivity contribution in [3.05, 3.63) is 47.3 Å². The molecule has 4 nitrogen and oxygen atoms in total. The van der Waals surface area contributed by atoms with E-state index in [-0.39, 0.29) is 23.7 Å². The van der Waals surface area contributed by atoms with Crippen LogP contribution in [0.25, 0.3) is 0 Å². The third kappa shape index (κ3) is 2.37. The number of anilines is 4. The predicted octanol–water partition coefficient (Wildman–Crippen LogP) is 2.92. The molecular weight excluding hydrogens is 283 g/mol. The summed E-state index contributed by atoms with van der Waals surface area (Å²) in [6.07, 6.45) is 0.207. The van der Waals surface area contributed by atoms with Crippen LogP contribution < -0.4 is 16.4 Å². The highest BCUT2D eigenvalue weighted by Gasteiger charge is 2.20. The average molecular weight is 293 g/mol. The van der Waals surface area contributed by atoms with Crippen molar-refractivity contribution in [2.75, 3.05) is 16.4 Å². The molecule has 3 rings (SSSR count). The highest BCUT2D eigenvalue weighted by molar-refractivity contribution is 6.01. The van der Waals surface area contributed by atoms with E-state index in [2.05, 4.69) is 10.6 Å². The Morgan fingerprint density at radius 1 is 1.10 bits per heavy atom. The van der Waals surface area contributed by atoms with Crippen LogP contribution in [0.1, 0.15) is 5.56 Å². The second-order valence-electron chi connectivity index (χ2n) is 4.69. The summed E-state index contributed by atoms with van der Waals surface area (Å²) in [5.41, 5.74) is 6.98. The lowest BCUT2D eigenvalue weighted by atomic mass is 10.1. The third-order valence-corrected chi connectivity index (χ3v) is 3.17. The molecule has 0 saturated carbocycles. The van der Waals surface area contributed by atoms with Crippen molar-refractivity contribution < 1.29 is 18.0 Å². The summed E-state index contributed by atoms with van der Waals surface area (Å²) in [6, 6.07) is 4.17. The van der Waals surface area contributed by atoms with E-state index in [1.807, 2.05) is 0 Å². The second-order valence-corrected chi connectivity index (χ2v) is 4.69. The minimum absolute atomic E-state index is 0.180. The van der Waals surface area contributed by atoms with Crippen molar-refractivity contribution in [2.24, 2.45) is 0 Å². The third-order valence-electron chi connectivity index (χ3n) is 3.17. The van der Waals surface area contributed by atoms with Crippen LogP contribution in [0.4, 0.5) is 35.9 Å². The van der Waals surface area contributed by atoms with E-state index in [0.29, 0.717) is 23.4 Å². The van der Waals surface area contributed by atoms with Crippen LogP contribution in [-0.2, 0) is 11.2 Å². The van der Waals surface area contributed by atoms with Crippen molar-refractivity contribution in [1.29, 1.82) is 0 Å². The molecule has 1 amide bonds. The molecule has 0 atom stereocenters. The Balaban J connectivity index is 2.00. The molecule has 0 aliphatic carbocycles. The van der Waals surface area contributed by atoms with E-state index in [0.717, 1.165) is 0 Å². The standard InChI is InChI=1S/C14H10F3N3O/c15-7-3-8(16)14(9(17)4-7)20-12-5-11-6(1-10(12)18)2-13(21)19-11/h1,3-5,20H,2,18H2,(H,19,21). The van der Waals surface area contributed by atoms with E-state index in [4.69, 9.17) is 5.73 Å². The van der Waals surface area contributed by atoms with Gasteiger partial charge in [-0.3, -0.25) is 4.79 Å². The molecule has 1 heterocycles. The molecule has 1 aliphatic heterocycles. The van der Waals surface area contributed by atoms with Gasteiger partial charge in [0.15, 0.2) is 11.6 Å². The molecule has 0 radical (unpaired) electrons. The molecule has 2 aromatic carbocycles. The van der Waals surface area contributed by atoms with E-state index in [1.54, 1.807) is 6.07 Å². The largest absolute Gasteiger partial charge is 0.397 e. The zero-order chi connectivity index (χ0) is 15.1. The fourth-order valence-corrected chi connectivity index (χ4v) is 2.20. The molecular formula is C14H10F3N3O. The van der Waals surface area contributed by atoms with Crippen LogP contribution >= 0.6 is 0 Å². The van der Waals surface area contributed by atoms with Crippen molar-refractivity contribution >= 4 is 28.7 Å². The van der Waals surface area contributed by atoms with Crippen LogP contribution in [-0.4, -0.2) is 5.91 Å². The first kappa shape index (κ1) is 13.3. The van der Waals surface area contributed by atoms with Crippen LogP contribution in [0.3, 0.4) is 0 Å². The fourth-order valence-electron chi connectivity index (χ4n) is 2.20. The monoisotopic (exact) mass is 293 g/mol. The van der Waals surface area contributed by atoms with Crippen LogP contribution in [0.5, 0.6) is 0 Å². The van der Waals surface area contributed by atoms with E-state index >= 15 is 0 Å². The number of hydrogen-bond acceptors (Lipinski definition) is 3. The van der Waals surface area contributed by atoms with Gasteiger partial charge in [-0.05, 0) is 17.7 Å². The number of benzene rings is 2. The summed E-state index contributed by atoms with van der Waals surface area (Å²) in [6.45, 7) is 0. The van der Waals surface area contributed by atoms with Crippen LogP contribution in [0.2, 0.25) is 0 Å². The lowest BCUT2D eigenvalue weighted by molar-refractivity contribution is -0.115. The van der Waals surface area contributed by atoms with Crippen molar-refractivity contribution in [3.8, 4) is 0 Å². The average Bonchev–Trinajstić information content (AvgIpc) is 2.72. The number of hydrogen-bond donors (Lipinski definition) is 3. The number of fused-ring (bicyclic) bond motifs is 1. The van der Waals surface area contributed by atoms with Gasteiger partial charge in [0.1, 0.15) is 11.5 Å². The van der Waals surface area contributed by atoms with E-state index < -0.39 is 23.1 Å². The van der Waals surface area contributed by atoms with Gasteiger partial charge in [0.2, 0.25) is 5.91 Å². The first-order valence-electron chi connectivity index (χ1n) is 6.08. The Morgan fingerprint density at radius 3 is 2.43 bits per heavy atom. The molecule has 2 aromatic rings. The summed E-state index contributed by atoms with van der Waals surface area (Å²) in [4.78, 5) is 11.3. The number of nitrogen functional groups attached to an aromatic ring is 1. The molecule has 4 N–H and O–H groups in total. The Kier molecular flexibility index (Phi) is 2.97. The summed E-state index contributed by atoms with van der Waals surface area (Å²) in [5, 5.41) is 5.09. The normalized spacial score (nSPS) is 13.0. The quantitative estimate of drug-likeness (QED) is 0.746. The second kappa shape index (κ2) is 4.69. The van der Waals surface area contributed by atoms with E-state index in [1.165, 1.54) is 6.07 Å². The van der Waals surface area contributed by atoms with Crippen molar-refractivity contribution in [3.63, 3.8) is 0 Å². The Labute approximate surface area is 117 Å². The van der Waals surface area contributed by atoms with Gasteiger partial charge < -0.3 is 16.4 Å². The maximum Gasteiger partial charge on any atom is 0.228 e. The van der Waals surface area contributed by atoms with Gasteiger partial charge in [-0.25, -0.2) is 13.2 Å². The van der Waals surface area contributed by atoms with Gasteiger partial charge in [-0.2, -0.15) is 0 Å². The van der Waals surface area contributed by atoms with E-state index in [9.17, 15) is 18.0 Å². The molecule has 1 aliphatic rings. The summed E-state index contributed by atoms with van der Waals surface area (Å²) < 4.78 is 40.1. The summed E-state index contributed by atoms with van der Waals surface area (Å²) >= 11 is 0. The number of carbonyl (C=O) groups is 1. The molecule has 0 bridgehead atoms. The molecule has 21 heavy (non-hydrogen) atoms. The zero-order valence-corrected chi connectivity index (χ0v) is 10.6. The van der Waals surface area contributed by atoms with Gasteiger partial charge in [0.05, 0.1) is 17.8 Å². The topological polar surface area (TPSA) is 67.2 Å². The fraction of sp³-hybridized carbons (Fsp3) is 0.0714. The minimum atomic E-state index is -1.07. The van der Waals surface area contributed by atoms with Crippen molar-refractivity contribution in [1.82, 2.24) is 0 Å². The Bertz CT molecular complexity index is 738. The maximum absolute atomic E-state index is 13.6. The number of rotatable bonds is 2. The van der Waals surface area contributed by atoms with Gasteiger partial charge in [-0.1, -0.05) is 0 Å². The van der Waals surface area contributed by atoms with Crippen LogP contribution in [0.15, 0.2) is 24.3 Å². The molecule has 0 fully saturated rings. The SMILES string of the molecule is Nc1cc2c(cc1Nc1c(F)cc(F)cc1F)NC(=O)C2. The smallest absolute Gasteiger partial charge is 0.228 e. The summed E-state index contributed by atoms with van der Waals surface area (Å²) in [7, 11) is 0. The Morgan fingerprint density at radius 2 is 1.76 bits per heavy atom. The molecule has 0 unspecified atom stereocenters. The first-order valence-corrected chi connectivity index (χ1v) is 6.08. The highest BCUT2D eigenvalue weighted by Crippen LogP contribution is 2.34. The number of amides is 1. The number of carbonyl (C=O) groups excluding carboxylic acids is 1. The molecule has 0 saturated heterocycles. The number of nitrogens with one attached hydrogen (secondary N) is 2. The van der Waals surface area contributed by atoms with Gasteiger partial charge in [0, 0.05) is 17.8 Å². The Hall–Kier alpha value is -2.70. The summed E-state index contributed by atoms with van der Waals surface area (Å²) in [5.74, 6) is -3.33. The zero-order valence-electron chi connectivity index (χ0n) is 10.6. The van der Waals surface area contributed by atoms with Gasteiger partial charge in [0.25, 0.3) is 0 Å². The van der Waals surface area contributed by atoms with Crippen molar-refractivity contribution in [2.45, 2.75) is 6.42 Å². The van der Waals surface area contributed by atoms with Gasteiger partial charge in [-0.15, -0.1) is 0 Å². The minimum Gasteiger partial charge on any atom is -0.397 e. The highest BCUT2D eigenvalue weighted by atomic mass is 19.1. The lowest BCUT2D eigenvalue weighted by Gasteiger charge is -2.13. The van der Waals surface area contributed by atoms with Gasteiger partial charge >= 0.3 is 0 Å². The molecule has 108 valence electrons. The van der Waals surface area contributed by atoms with Crippen LogP contribution in [0, 0.1) is 17.5 Å². The number of nitrogens with two attached hydrogens (primary N) is 1. The number of halogens is 3.